The molecule has 0 radical (unpaired) electrons. The summed E-state index contributed by atoms with van der Waals surface area (Å²) in [5, 5.41) is 12.1. The molecule has 34 heavy (non-hydrogen) atoms. The van der Waals surface area contributed by atoms with E-state index in [2.05, 4.69) is 67.8 Å². The topological polar surface area (TPSA) is 91.2 Å². The molecule has 9 heteroatoms. The van der Waals surface area contributed by atoms with Crippen LogP contribution in [0.15, 0.2) is 12.1 Å². The van der Waals surface area contributed by atoms with Crippen molar-refractivity contribution in [3.8, 4) is 0 Å². The second-order valence-electron chi connectivity index (χ2n) is 10.8. The standard InChI is InChI=1S/C25H43N5O3Si/c1-18(2)11-10-12-30-19(3)28-29-23(30)16-26-15-21-13-20(24(31)32-7)14-22(27-21)17-33-34(8,9)25(4,5)6/h13-14,18,26H,10-12,15-17H2,1-9H3. The summed E-state index contributed by atoms with van der Waals surface area (Å²) in [6.07, 6.45) is 2.28. The molecular weight excluding hydrogens is 446 g/mol. The largest absolute Gasteiger partial charge is 0.465 e. The van der Waals surface area contributed by atoms with Gasteiger partial charge in [0.15, 0.2) is 8.32 Å². The molecule has 2 aromatic heterocycles. The van der Waals surface area contributed by atoms with E-state index in [1.54, 1.807) is 12.1 Å². The number of methoxy groups -OCH3 is 1. The molecule has 0 aromatic carbocycles. The second kappa shape index (κ2) is 12.0. The Morgan fingerprint density at radius 3 is 2.44 bits per heavy atom. The highest BCUT2D eigenvalue weighted by Crippen LogP contribution is 2.37. The minimum absolute atomic E-state index is 0.0978. The molecule has 2 aromatic rings. The van der Waals surface area contributed by atoms with E-state index < -0.39 is 8.32 Å². The van der Waals surface area contributed by atoms with Crippen LogP contribution in [-0.4, -0.2) is 41.1 Å². The maximum absolute atomic E-state index is 12.2. The van der Waals surface area contributed by atoms with E-state index in [0.717, 1.165) is 36.0 Å². The lowest BCUT2D eigenvalue weighted by Crippen LogP contribution is -2.40. The van der Waals surface area contributed by atoms with Crippen molar-refractivity contribution >= 4 is 14.3 Å². The summed E-state index contributed by atoms with van der Waals surface area (Å²) < 4.78 is 13.5. The van der Waals surface area contributed by atoms with Crippen molar-refractivity contribution in [1.29, 1.82) is 0 Å². The van der Waals surface area contributed by atoms with Crippen LogP contribution < -0.4 is 5.32 Å². The average molecular weight is 490 g/mol. The number of aromatic nitrogens is 4. The van der Waals surface area contributed by atoms with Crippen molar-refractivity contribution in [2.75, 3.05) is 7.11 Å². The molecular formula is C25H43N5O3Si. The lowest BCUT2D eigenvalue weighted by molar-refractivity contribution is 0.0600. The van der Waals surface area contributed by atoms with Crippen LogP contribution in [0, 0.1) is 12.8 Å². The molecule has 2 rings (SSSR count). The molecule has 0 fully saturated rings. The van der Waals surface area contributed by atoms with Crippen LogP contribution >= 0.6 is 0 Å². The Balaban J connectivity index is 2.09. The van der Waals surface area contributed by atoms with Crippen molar-refractivity contribution in [2.45, 2.75) is 98.8 Å². The number of nitrogens with one attached hydrogen (secondary N) is 1. The van der Waals surface area contributed by atoms with E-state index in [1.165, 1.54) is 13.5 Å². The monoisotopic (exact) mass is 489 g/mol. The first kappa shape index (κ1) is 28.1. The van der Waals surface area contributed by atoms with Crippen LogP contribution in [0.3, 0.4) is 0 Å². The molecule has 2 heterocycles. The number of pyridine rings is 1. The molecule has 0 saturated heterocycles. The Labute approximate surface area is 206 Å². The average Bonchev–Trinajstić information content (AvgIpc) is 3.10. The van der Waals surface area contributed by atoms with Crippen LogP contribution in [0.1, 0.15) is 80.9 Å². The highest BCUT2D eigenvalue weighted by Gasteiger charge is 2.37. The highest BCUT2D eigenvalue weighted by molar-refractivity contribution is 6.74. The predicted molar refractivity (Wildman–Crippen MR) is 137 cm³/mol. The number of ether oxygens (including phenoxy) is 1. The summed E-state index contributed by atoms with van der Waals surface area (Å²) in [4.78, 5) is 17.0. The molecule has 190 valence electrons. The number of aryl methyl sites for hydroxylation is 1. The van der Waals surface area contributed by atoms with Crippen LogP contribution in [-0.2, 0) is 35.4 Å². The molecule has 0 atom stereocenters. The minimum Gasteiger partial charge on any atom is -0.465 e. The maximum atomic E-state index is 12.2. The Morgan fingerprint density at radius 2 is 1.82 bits per heavy atom. The van der Waals surface area contributed by atoms with Gasteiger partial charge in [-0.05, 0) is 55.9 Å². The number of esters is 1. The van der Waals surface area contributed by atoms with Crippen molar-refractivity contribution < 1.29 is 14.0 Å². The van der Waals surface area contributed by atoms with Crippen LogP contribution in [0.5, 0.6) is 0 Å². The molecule has 0 bridgehead atoms. The van der Waals surface area contributed by atoms with Gasteiger partial charge in [0.05, 0.1) is 37.2 Å². The summed E-state index contributed by atoms with van der Waals surface area (Å²) in [5.74, 6) is 2.14. The lowest BCUT2D eigenvalue weighted by atomic mass is 10.1. The number of nitrogens with zero attached hydrogens (tertiary/aromatic N) is 4. The zero-order valence-corrected chi connectivity index (χ0v) is 23.5. The summed E-state index contributed by atoms with van der Waals surface area (Å²) in [6.45, 7) is 19.8. The number of rotatable bonds is 12. The fourth-order valence-corrected chi connectivity index (χ4v) is 4.27. The number of hydrogen-bond donors (Lipinski definition) is 1. The smallest absolute Gasteiger partial charge is 0.337 e. The molecule has 1 N–H and O–H groups in total. The van der Waals surface area contributed by atoms with E-state index in [1.807, 2.05) is 6.92 Å². The molecule has 0 spiro atoms. The van der Waals surface area contributed by atoms with E-state index in [4.69, 9.17) is 14.1 Å². The molecule has 0 aliphatic heterocycles. The molecule has 0 unspecified atom stereocenters. The lowest BCUT2D eigenvalue weighted by Gasteiger charge is -2.36. The van der Waals surface area contributed by atoms with Crippen molar-refractivity contribution in [3.63, 3.8) is 0 Å². The third-order valence-electron chi connectivity index (χ3n) is 6.50. The normalized spacial score (nSPS) is 12.4. The zero-order valence-electron chi connectivity index (χ0n) is 22.5. The third-order valence-corrected chi connectivity index (χ3v) is 11.0. The van der Waals surface area contributed by atoms with E-state index in [0.29, 0.717) is 31.2 Å². The van der Waals surface area contributed by atoms with Crippen molar-refractivity contribution in [3.05, 3.63) is 40.7 Å². The van der Waals surface area contributed by atoms with Crippen LogP contribution in [0.25, 0.3) is 0 Å². The van der Waals surface area contributed by atoms with Gasteiger partial charge in [0.2, 0.25) is 0 Å². The minimum atomic E-state index is -1.94. The third kappa shape index (κ3) is 7.99. The summed E-state index contributed by atoms with van der Waals surface area (Å²) >= 11 is 0. The summed E-state index contributed by atoms with van der Waals surface area (Å²) in [7, 11) is -0.550. The summed E-state index contributed by atoms with van der Waals surface area (Å²) in [6, 6.07) is 3.53. The number of carbonyl (C=O) groups excluding carboxylic acids is 1. The van der Waals surface area contributed by atoms with Gasteiger partial charge in [-0.25, -0.2) is 4.79 Å². The van der Waals surface area contributed by atoms with Gasteiger partial charge in [-0.3, -0.25) is 4.98 Å². The fraction of sp³-hybridized carbons (Fsp3) is 0.680. The van der Waals surface area contributed by atoms with E-state index in [9.17, 15) is 4.79 Å². The second-order valence-corrected chi connectivity index (χ2v) is 15.6. The molecule has 0 aliphatic rings. The number of carbonyl (C=O) groups is 1. The summed E-state index contributed by atoms with van der Waals surface area (Å²) in [5.41, 5.74) is 1.98. The van der Waals surface area contributed by atoms with Crippen LogP contribution in [0.2, 0.25) is 18.1 Å². The van der Waals surface area contributed by atoms with Gasteiger partial charge in [-0.2, -0.15) is 0 Å². The molecule has 0 aliphatic carbocycles. The maximum Gasteiger partial charge on any atom is 0.337 e. The van der Waals surface area contributed by atoms with Gasteiger partial charge in [-0.1, -0.05) is 34.6 Å². The van der Waals surface area contributed by atoms with Crippen molar-refractivity contribution in [2.24, 2.45) is 5.92 Å². The van der Waals surface area contributed by atoms with Crippen LogP contribution in [0.4, 0.5) is 0 Å². The molecule has 0 amide bonds. The van der Waals surface area contributed by atoms with Gasteiger partial charge in [0.25, 0.3) is 0 Å². The first-order valence-corrected chi connectivity index (χ1v) is 15.1. The zero-order chi connectivity index (χ0) is 25.5. The quantitative estimate of drug-likeness (QED) is 0.331. The van der Waals surface area contributed by atoms with Gasteiger partial charge in [0, 0.05) is 13.1 Å². The first-order chi connectivity index (χ1) is 15.8. The Hall–Kier alpha value is -2.10. The van der Waals surface area contributed by atoms with Gasteiger partial charge < -0.3 is 19.0 Å². The van der Waals surface area contributed by atoms with E-state index in [-0.39, 0.29) is 11.0 Å². The van der Waals surface area contributed by atoms with Crippen molar-refractivity contribution in [1.82, 2.24) is 25.1 Å². The SMILES string of the molecule is COC(=O)c1cc(CNCc2nnc(C)n2CCCC(C)C)nc(CO[Si](C)(C)C(C)(C)C)c1. The molecule has 8 nitrogen and oxygen atoms in total. The van der Waals surface area contributed by atoms with Gasteiger partial charge >= 0.3 is 5.97 Å². The van der Waals surface area contributed by atoms with Gasteiger partial charge in [-0.15, -0.1) is 10.2 Å². The predicted octanol–water partition coefficient (Wildman–Crippen LogP) is 5.02. The Bertz CT molecular complexity index is 951. The number of hydrogen-bond acceptors (Lipinski definition) is 7. The molecule has 0 saturated carbocycles. The fourth-order valence-electron chi connectivity index (χ4n) is 3.33. The van der Waals surface area contributed by atoms with E-state index >= 15 is 0 Å². The Kier molecular flexibility index (Phi) is 9.96. The first-order valence-electron chi connectivity index (χ1n) is 12.2. The highest BCUT2D eigenvalue weighted by atomic mass is 28.4. The Morgan fingerprint density at radius 1 is 1.15 bits per heavy atom. The van der Waals surface area contributed by atoms with Gasteiger partial charge in [0.1, 0.15) is 11.6 Å².